The van der Waals surface area contributed by atoms with Gasteiger partial charge in [0.2, 0.25) is 0 Å². The van der Waals surface area contributed by atoms with Crippen LogP contribution in [0.4, 0.5) is 0 Å². The number of carbonyl (C=O) groups is 1. The van der Waals surface area contributed by atoms with Crippen molar-refractivity contribution in [2.45, 2.75) is 13.0 Å². The Balaban J connectivity index is 1.49. The van der Waals surface area contributed by atoms with Gasteiger partial charge in [-0.1, -0.05) is 60.7 Å². The summed E-state index contributed by atoms with van der Waals surface area (Å²) in [4.78, 5) is 28.0. The second kappa shape index (κ2) is 9.83. The number of carbonyl (C=O) groups excluding carboxylic acids is 1. The van der Waals surface area contributed by atoms with E-state index in [0.29, 0.717) is 24.3 Å². The molecule has 0 atom stereocenters. The van der Waals surface area contributed by atoms with Crippen LogP contribution < -0.4 is 10.4 Å². The number of nitrogens with zero attached hydrogens (tertiary/aromatic N) is 1. The minimum absolute atomic E-state index is 0.168. The number of fused-ring (bicyclic) bond motifs is 1. The number of ether oxygens (including phenoxy) is 2. The van der Waals surface area contributed by atoms with E-state index in [2.05, 4.69) is 4.98 Å². The summed E-state index contributed by atoms with van der Waals surface area (Å²) in [5, 5.41) is 0. The van der Waals surface area contributed by atoms with E-state index in [9.17, 15) is 9.59 Å². The zero-order valence-electron chi connectivity index (χ0n) is 17.8. The molecule has 0 spiro atoms. The van der Waals surface area contributed by atoms with Gasteiger partial charge in [0.25, 0.3) is 0 Å². The highest BCUT2D eigenvalue weighted by atomic mass is 16.5. The summed E-state index contributed by atoms with van der Waals surface area (Å²) in [7, 11) is 1.60. The number of methoxy groups -OCH3 is 1. The van der Waals surface area contributed by atoms with Crippen LogP contribution in [0.5, 0.6) is 5.75 Å². The molecule has 1 heterocycles. The van der Waals surface area contributed by atoms with Crippen LogP contribution in [0.2, 0.25) is 0 Å². The molecule has 3 aromatic carbocycles. The molecule has 1 N–H and O–H groups in total. The van der Waals surface area contributed by atoms with Gasteiger partial charge in [-0.3, -0.25) is 4.57 Å². The van der Waals surface area contributed by atoms with Crippen LogP contribution in [0.1, 0.15) is 17.5 Å². The summed E-state index contributed by atoms with van der Waals surface area (Å²) in [5.74, 6) is 0.251. The Bertz CT molecular complexity index is 1300. The summed E-state index contributed by atoms with van der Waals surface area (Å²) in [5.41, 5.74) is 3.45. The average molecular weight is 428 g/mol. The molecule has 6 heteroatoms. The van der Waals surface area contributed by atoms with E-state index in [1.54, 1.807) is 17.8 Å². The molecule has 0 aliphatic rings. The van der Waals surface area contributed by atoms with Gasteiger partial charge < -0.3 is 14.5 Å². The Labute approximate surface area is 185 Å². The van der Waals surface area contributed by atoms with Gasteiger partial charge in [-0.15, -0.1) is 0 Å². The van der Waals surface area contributed by atoms with Crippen LogP contribution in [0.25, 0.3) is 22.7 Å². The van der Waals surface area contributed by atoms with Crippen molar-refractivity contribution in [2.75, 3.05) is 13.7 Å². The Hall–Kier alpha value is -4.06. The van der Waals surface area contributed by atoms with Crippen molar-refractivity contribution in [3.63, 3.8) is 0 Å². The molecule has 162 valence electrons. The summed E-state index contributed by atoms with van der Waals surface area (Å²) in [6, 6.07) is 24.4. The molecular weight excluding hydrogens is 404 g/mol. The van der Waals surface area contributed by atoms with Crippen LogP contribution in [-0.4, -0.2) is 29.2 Å². The molecule has 0 radical (unpaired) electrons. The first-order chi connectivity index (χ1) is 15.7. The van der Waals surface area contributed by atoms with Crippen molar-refractivity contribution in [1.29, 1.82) is 0 Å². The quantitative estimate of drug-likeness (QED) is 0.194. The van der Waals surface area contributed by atoms with E-state index in [4.69, 9.17) is 9.47 Å². The highest BCUT2D eigenvalue weighted by molar-refractivity contribution is 6.21. The molecular formula is C26H24N2O4. The normalized spacial score (nSPS) is 11.5. The van der Waals surface area contributed by atoms with Gasteiger partial charge >= 0.3 is 11.7 Å². The third-order valence-electron chi connectivity index (χ3n) is 5.18. The standard InChI is InChI=1S/C26H24N2O4/c1-31-24-15-8-5-12-20(24)18-21(19-10-3-2-4-11-19)25(29)32-17-9-16-28-23-14-7-6-13-22(23)27-26(28)30/h2-8,10-15,18H,9,16-17H2,1H3,(H,27,30)/b21-18+. The van der Waals surface area contributed by atoms with Crippen molar-refractivity contribution < 1.29 is 14.3 Å². The van der Waals surface area contributed by atoms with E-state index in [0.717, 1.165) is 22.2 Å². The lowest BCUT2D eigenvalue weighted by molar-refractivity contribution is -0.136. The zero-order valence-corrected chi connectivity index (χ0v) is 17.8. The lowest BCUT2D eigenvalue weighted by Crippen LogP contribution is -2.18. The number of aromatic nitrogens is 2. The predicted octanol–water partition coefficient (Wildman–Crippen LogP) is 4.51. The average Bonchev–Trinajstić information content (AvgIpc) is 3.15. The van der Waals surface area contributed by atoms with Crippen molar-refractivity contribution in [3.8, 4) is 5.75 Å². The fourth-order valence-corrected chi connectivity index (χ4v) is 3.61. The monoisotopic (exact) mass is 428 g/mol. The Kier molecular flexibility index (Phi) is 6.51. The predicted molar refractivity (Wildman–Crippen MR) is 125 cm³/mol. The third-order valence-corrected chi connectivity index (χ3v) is 5.18. The second-order valence-electron chi connectivity index (χ2n) is 7.25. The number of benzene rings is 3. The molecule has 4 rings (SSSR count). The van der Waals surface area contributed by atoms with E-state index in [1.165, 1.54) is 0 Å². The molecule has 0 aliphatic heterocycles. The van der Waals surface area contributed by atoms with Crippen LogP contribution in [0.3, 0.4) is 0 Å². The minimum atomic E-state index is -0.423. The smallest absolute Gasteiger partial charge is 0.338 e. The topological polar surface area (TPSA) is 73.3 Å². The minimum Gasteiger partial charge on any atom is -0.496 e. The van der Waals surface area contributed by atoms with Gasteiger partial charge in [0, 0.05) is 12.1 Å². The first kappa shape index (κ1) is 21.2. The maximum Gasteiger partial charge on any atom is 0.338 e. The third kappa shape index (κ3) is 4.64. The van der Waals surface area contributed by atoms with Gasteiger partial charge in [-0.2, -0.15) is 0 Å². The van der Waals surface area contributed by atoms with E-state index < -0.39 is 5.97 Å². The number of nitrogens with one attached hydrogen (secondary N) is 1. The first-order valence-corrected chi connectivity index (χ1v) is 10.4. The largest absolute Gasteiger partial charge is 0.496 e. The Morgan fingerprint density at radius 1 is 0.969 bits per heavy atom. The Morgan fingerprint density at radius 3 is 2.50 bits per heavy atom. The number of H-pyrrole nitrogens is 1. The van der Waals surface area contributed by atoms with Crippen molar-refractivity contribution in [3.05, 3.63) is 100 Å². The van der Waals surface area contributed by atoms with Crippen LogP contribution in [0, 0.1) is 0 Å². The molecule has 1 aromatic heterocycles. The number of hydrogen-bond acceptors (Lipinski definition) is 4. The summed E-state index contributed by atoms with van der Waals surface area (Å²) in [6.07, 6.45) is 2.30. The van der Waals surface area contributed by atoms with E-state index in [1.807, 2.05) is 78.9 Å². The van der Waals surface area contributed by atoms with E-state index >= 15 is 0 Å². The lowest BCUT2D eigenvalue weighted by Gasteiger charge is -2.11. The highest BCUT2D eigenvalue weighted by Gasteiger charge is 2.15. The molecule has 0 unspecified atom stereocenters. The molecule has 0 fully saturated rings. The Morgan fingerprint density at radius 2 is 1.69 bits per heavy atom. The number of aromatic amines is 1. The number of para-hydroxylation sites is 3. The molecule has 6 nitrogen and oxygen atoms in total. The van der Waals surface area contributed by atoms with Crippen LogP contribution >= 0.6 is 0 Å². The fourth-order valence-electron chi connectivity index (χ4n) is 3.61. The fraction of sp³-hybridized carbons (Fsp3) is 0.154. The SMILES string of the molecule is COc1ccccc1/C=C(/C(=O)OCCCn1c(=O)[nH]c2ccccc21)c1ccccc1. The number of rotatable bonds is 8. The molecule has 0 aliphatic carbocycles. The highest BCUT2D eigenvalue weighted by Crippen LogP contribution is 2.25. The zero-order chi connectivity index (χ0) is 22.3. The molecule has 0 amide bonds. The lowest BCUT2D eigenvalue weighted by atomic mass is 10.0. The summed E-state index contributed by atoms with van der Waals surface area (Å²) < 4.78 is 12.7. The van der Waals surface area contributed by atoms with Gasteiger partial charge in [0.05, 0.1) is 30.3 Å². The van der Waals surface area contributed by atoms with E-state index in [-0.39, 0.29) is 12.3 Å². The molecule has 0 saturated carbocycles. The van der Waals surface area contributed by atoms with Crippen molar-refractivity contribution in [2.24, 2.45) is 0 Å². The van der Waals surface area contributed by atoms with Gasteiger partial charge in [0.15, 0.2) is 0 Å². The number of esters is 1. The summed E-state index contributed by atoms with van der Waals surface area (Å²) >= 11 is 0. The van der Waals surface area contributed by atoms with Crippen LogP contribution in [0.15, 0.2) is 83.7 Å². The molecule has 4 aromatic rings. The van der Waals surface area contributed by atoms with Crippen molar-refractivity contribution >= 4 is 28.7 Å². The second-order valence-corrected chi connectivity index (χ2v) is 7.25. The number of hydrogen-bond donors (Lipinski definition) is 1. The number of aryl methyl sites for hydroxylation is 1. The molecule has 0 saturated heterocycles. The van der Waals surface area contributed by atoms with Crippen LogP contribution in [-0.2, 0) is 16.1 Å². The molecule has 0 bridgehead atoms. The maximum absolute atomic E-state index is 13.0. The van der Waals surface area contributed by atoms with Crippen molar-refractivity contribution in [1.82, 2.24) is 9.55 Å². The first-order valence-electron chi connectivity index (χ1n) is 10.4. The van der Waals surface area contributed by atoms with Gasteiger partial charge in [-0.25, -0.2) is 9.59 Å². The van der Waals surface area contributed by atoms with Gasteiger partial charge in [0.1, 0.15) is 5.75 Å². The van der Waals surface area contributed by atoms with Gasteiger partial charge in [-0.05, 0) is 36.3 Å². The summed E-state index contributed by atoms with van der Waals surface area (Å²) in [6.45, 7) is 0.647. The maximum atomic E-state index is 13.0. The number of imidazole rings is 1. The molecule has 32 heavy (non-hydrogen) atoms.